The molecule has 0 aliphatic carbocycles. The summed E-state index contributed by atoms with van der Waals surface area (Å²) in [5, 5.41) is 10.7. The Hall–Kier alpha value is -1.97. The molecular weight excluding hydrogens is 180 g/mol. The maximum atomic E-state index is 10.7. The fourth-order valence-corrected chi connectivity index (χ4v) is 1.12. The Balaban J connectivity index is 1.95. The normalized spacial score (nSPS) is 10.0. The molecule has 0 aliphatic heterocycles. The van der Waals surface area contributed by atoms with Crippen LogP contribution in [0.2, 0.25) is 0 Å². The molecule has 0 amide bonds. The fraction of sp³-hybridized carbons (Fsp3) is 0.100. The minimum Gasteiger partial charge on any atom is -0.711 e. The lowest BCUT2D eigenvalue weighted by atomic mass is 10.2. The van der Waals surface area contributed by atoms with Crippen LogP contribution in [0, 0.1) is 5.21 Å². The van der Waals surface area contributed by atoms with Gasteiger partial charge in [0, 0.05) is 0 Å². The molecule has 1 aromatic carbocycles. The van der Waals surface area contributed by atoms with Crippen LogP contribution in [0.5, 0.6) is 0 Å². The summed E-state index contributed by atoms with van der Waals surface area (Å²) in [5.74, 6) is 0. The highest BCUT2D eigenvalue weighted by molar-refractivity contribution is 5.13. The quantitative estimate of drug-likeness (QED) is 0.529. The number of hydrogen-bond donors (Lipinski definition) is 0. The van der Waals surface area contributed by atoms with Gasteiger partial charge in [-0.25, -0.2) is 4.73 Å². The van der Waals surface area contributed by atoms with Crippen LogP contribution in [0.15, 0.2) is 49.1 Å². The Morgan fingerprint density at radius 3 is 2.71 bits per heavy atom. The summed E-state index contributed by atoms with van der Waals surface area (Å²) < 4.78 is 2.07. The number of imidazole rings is 1. The summed E-state index contributed by atoms with van der Waals surface area (Å²) in [6.45, 7) is 0.454. The van der Waals surface area contributed by atoms with Gasteiger partial charge < -0.3 is 10.0 Å². The molecule has 1 heterocycles. The summed E-state index contributed by atoms with van der Waals surface area (Å²) >= 11 is 0. The zero-order valence-electron chi connectivity index (χ0n) is 7.54. The molecule has 2 aromatic rings. The van der Waals surface area contributed by atoms with E-state index in [1.165, 1.54) is 17.3 Å². The van der Waals surface area contributed by atoms with Crippen molar-refractivity contribution in [1.29, 1.82) is 0 Å². The van der Waals surface area contributed by atoms with E-state index in [9.17, 15) is 5.21 Å². The highest BCUT2D eigenvalue weighted by atomic mass is 16.7. The van der Waals surface area contributed by atoms with E-state index in [0.29, 0.717) is 11.3 Å². The van der Waals surface area contributed by atoms with Crippen LogP contribution < -0.4 is 9.57 Å². The SMILES string of the molecule is [O-][n+]1ccn(OCc2ccccc2)c1. The predicted molar refractivity (Wildman–Crippen MR) is 50.1 cm³/mol. The van der Waals surface area contributed by atoms with Crippen LogP contribution in [0.4, 0.5) is 0 Å². The van der Waals surface area contributed by atoms with Gasteiger partial charge in [0.2, 0.25) is 0 Å². The molecule has 0 aliphatic rings. The first kappa shape index (κ1) is 8.62. The second-order valence-electron chi connectivity index (χ2n) is 2.89. The third-order valence-electron chi connectivity index (χ3n) is 1.81. The minimum atomic E-state index is 0.454. The minimum absolute atomic E-state index is 0.454. The third kappa shape index (κ3) is 2.04. The van der Waals surface area contributed by atoms with Crippen molar-refractivity contribution >= 4 is 0 Å². The highest BCUT2D eigenvalue weighted by Gasteiger charge is 1.99. The maximum absolute atomic E-state index is 10.7. The highest BCUT2D eigenvalue weighted by Crippen LogP contribution is 1.98. The van der Waals surface area contributed by atoms with Gasteiger partial charge in [-0.05, 0) is 5.56 Å². The van der Waals surface area contributed by atoms with Crippen molar-refractivity contribution in [2.24, 2.45) is 0 Å². The van der Waals surface area contributed by atoms with Crippen LogP contribution >= 0.6 is 0 Å². The van der Waals surface area contributed by atoms with E-state index in [2.05, 4.69) is 0 Å². The van der Waals surface area contributed by atoms with E-state index in [4.69, 9.17) is 4.84 Å². The molecule has 0 atom stereocenters. The van der Waals surface area contributed by atoms with Crippen LogP contribution in [0.25, 0.3) is 0 Å². The number of hydrogen-bond acceptors (Lipinski definition) is 2. The van der Waals surface area contributed by atoms with Crippen LogP contribution in [-0.4, -0.2) is 4.73 Å². The van der Waals surface area contributed by atoms with Crippen molar-refractivity contribution in [3.63, 3.8) is 0 Å². The van der Waals surface area contributed by atoms with Gasteiger partial charge in [-0.3, -0.25) is 0 Å². The van der Waals surface area contributed by atoms with Crippen LogP contribution in [-0.2, 0) is 6.61 Å². The largest absolute Gasteiger partial charge is 0.711 e. The molecule has 72 valence electrons. The molecule has 0 saturated carbocycles. The monoisotopic (exact) mass is 190 g/mol. The van der Waals surface area contributed by atoms with Gasteiger partial charge in [0.15, 0.2) is 12.8 Å². The molecule has 2 rings (SSSR count). The maximum Gasteiger partial charge on any atom is 0.287 e. The van der Waals surface area contributed by atoms with E-state index in [0.717, 1.165) is 5.56 Å². The van der Waals surface area contributed by atoms with Crippen LogP contribution in [0.1, 0.15) is 5.56 Å². The summed E-state index contributed by atoms with van der Waals surface area (Å²) in [4.78, 5) is 5.31. The lowest BCUT2D eigenvalue weighted by molar-refractivity contribution is -0.606. The predicted octanol–water partition coefficient (Wildman–Crippen LogP) is 0.750. The Bertz CT molecular complexity index is 398. The molecule has 1 aromatic heterocycles. The Morgan fingerprint density at radius 2 is 2.07 bits per heavy atom. The van der Waals surface area contributed by atoms with Crippen molar-refractivity contribution in [2.75, 3.05) is 0 Å². The van der Waals surface area contributed by atoms with E-state index < -0.39 is 0 Å². The Morgan fingerprint density at radius 1 is 1.29 bits per heavy atom. The average Bonchev–Trinajstić information content (AvgIpc) is 2.63. The van der Waals surface area contributed by atoms with Crippen LogP contribution in [0.3, 0.4) is 0 Å². The summed E-state index contributed by atoms with van der Waals surface area (Å²) in [6, 6.07) is 9.78. The summed E-state index contributed by atoms with van der Waals surface area (Å²) in [7, 11) is 0. The van der Waals surface area contributed by atoms with E-state index in [1.54, 1.807) is 6.20 Å². The van der Waals surface area contributed by atoms with E-state index >= 15 is 0 Å². The van der Waals surface area contributed by atoms with Crippen molar-refractivity contribution < 1.29 is 9.57 Å². The number of rotatable bonds is 3. The molecule has 4 nitrogen and oxygen atoms in total. The molecule has 0 saturated heterocycles. The van der Waals surface area contributed by atoms with Gasteiger partial charge in [0.25, 0.3) is 6.33 Å². The summed E-state index contributed by atoms with van der Waals surface area (Å²) in [5.41, 5.74) is 1.07. The molecule has 0 N–H and O–H groups in total. The van der Waals surface area contributed by atoms with Gasteiger partial charge >= 0.3 is 0 Å². The topological polar surface area (TPSA) is 41.1 Å². The zero-order valence-corrected chi connectivity index (χ0v) is 7.54. The van der Waals surface area contributed by atoms with Gasteiger partial charge in [-0.2, -0.15) is 0 Å². The first-order valence-corrected chi connectivity index (χ1v) is 4.28. The van der Waals surface area contributed by atoms with Crippen molar-refractivity contribution in [3.8, 4) is 0 Å². The first-order chi connectivity index (χ1) is 6.84. The second-order valence-corrected chi connectivity index (χ2v) is 2.89. The zero-order chi connectivity index (χ0) is 9.80. The number of nitrogens with zero attached hydrogens (tertiary/aromatic N) is 2. The first-order valence-electron chi connectivity index (χ1n) is 4.28. The molecular formula is C10H10N2O2. The number of benzene rings is 1. The standard InChI is InChI=1S/C10H10N2O2/c13-11-6-7-12(9-11)14-8-10-4-2-1-3-5-10/h1-7,9H,8H2. The lowest BCUT2D eigenvalue weighted by Gasteiger charge is -1.99. The van der Waals surface area contributed by atoms with Gasteiger partial charge in [-0.15, -0.1) is 0 Å². The van der Waals surface area contributed by atoms with Gasteiger partial charge in [0.05, 0.1) is 0 Å². The van der Waals surface area contributed by atoms with E-state index in [-0.39, 0.29) is 0 Å². The molecule has 0 fully saturated rings. The molecule has 0 unspecified atom stereocenters. The van der Waals surface area contributed by atoms with E-state index in [1.807, 2.05) is 30.3 Å². The lowest BCUT2D eigenvalue weighted by Crippen LogP contribution is -2.22. The smallest absolute Gasteiger partial charge is 0.287 e. The van der Waals surface area contributed by atoms with Gasteiger partial charge in [0.1, 0.15) is 6.20 Å². The van der Waals surface area contributed by atoms with Crippen molar-refractivity contribution in [1.82, 2.24) is 4.73 Å². The second kappa shape index (κ2) is 3.83. The fourth-order valence-electron chi connectivity index (χ4n) is 1.12. The molecule has 0 radical (unpaired) electrons. The Kier molecular flexibility index (Phi) is 2.36. The molecule has 0 bridgehead atoms. The average molecular weight is 190 g/mol. The van der Waals surface area contributed by atoms with Gasteiger partial charge in [-0.1, -0.05) is 35.1 Å². The molecule has 14 heavy (non-hydrogen) atoms. The molecule has 4 heteroatoms. The third-order valence-corrected chi connectivity index (χ3v) is 1.81. The Labute approximate surface area is 81.5 Å². The van der Waals surface area contributed by atoms with Crippen molar-refractivity contribution in [3.05, 3.63) is 59.8 Å². The van der Waals surface area contributed by atoms with Crippen molar-refractivity contribution in [2.45, 2.75) is 6.61 Å². The summed E-state index contributed by atoms with van der Waals surface area (Å²) in [6.07, 6.45) is 4.27. The molecule has 0 spiro atoms. The number of aromatic nitrogens is 2.